The Kier molecular flexibility index (Phi) is 7.08. The fourth-order valence-corrected chi connectivity index (χ4v) is 2.47. The van der Waals surface area contributed by atoms with Crippen LogP contribution < -0.4 is 15.4 Å². The lowest BCUT2D eigenvalue weighted by molar-refractivity contribution is -0.154. The van der Waals surface area contributed by atoms with Gasteiger partial charge in [0.05, 0.1) is 6.54 Å². The van der Waals surface area contributed by atoms with Gasteiger partial charge in [0, 0.05) is 24.2 Å². The van der Waals surface area contributed by atoms with Gasteiger partial charge >= 0.3 is 6.18 Å². The number of rotatable bonds is 8. The van der Waals surface area contributed by atoms with E-state index >= 15 is 0 Å². The molecule has 156 valence electrons. The van der Waals surface area contributed by atoms with Crippen molar-refractivity contribution < 1.29 is 27.5 Å². The Morgan fingerprint density at radius 3 is 2.52 bits per heavy atom. The third kappa shape index (κ3) is 6.40. The number of nitrogens with two attached hydrogens (primary N) is 1. The minimum atomic E-state index is -4.47. The summed E-state index contributed by atoms with van der Waals surface area (Å²) in [4.78, 5) is 37.0. The highest BCUT2D eigenvalue weighted by molar-refractivity contribution is 5.95. The predicted molar refractivity (Wildman–Crippen MR) is 97.2 cm³/mol. The normalized spacial score (nSPS) is 11.2. The van der Waals surface area contributed by atoms with Crippen molar-refractivity contribution in [2.45, 2.75) is 39.4 Å². The Balaban J connectivity index is 2.27. The molecule has 11 heteroatoms. The Labute approximate surface area is 164 Å². The largest absolute Gasteiger partial charge is 0.468 e. The maximum absolute atomic E-state index is 12.6. The number of nitrogens with zero attached hydrogens (tertiary/aromatic N) is 4. The standard InChI is InChI=1S/C18H20F3N5O3/c1-3-4-15(27)26(14-6-13(16(22)28)24-10-25-14)8-12-5-11(2)17(23-7-12)29-9-18(19,20)21/h5-7,10H,3-4,8-9H2,1-2H3,(H2,22,28). The summed E-state index contributed by atoms with van der Waals surface area (Å²) in [6, 6.07) is 2.87. The second kappa shape index (κ2) is 9.30. The topological polar surface area (TPSA) is 111 Å². The molecule has 0 aliphatic rings. The Hall–Kier alpha value is -3.24. The van der Waals surface area contributed by atoms with Gasteiger partial charge in [-0.25, -0.2) is 15.0 Å². The van der Waals surface area contributed by atoms with Crippen molar-refractivity contribution in [3.8, 4) is 5.88 Å². The fourth-order valence-electron chi connectivity index (χ4n) is 2.47. The number of aryl methyl sites for hydroxylation is 1. The van der Waals surface area contributed by atoms with E-state index in [4.69, 9.17) is 5.73 Å². The summed E-state index contributed by atoms with van der Waals surface area (Å²) < 4.78 is 41.6. The van der Waals surface area contributed by atoms with Crippen LogP contribution in [0.25, 0.3) is 0 Å². The molecule has 0 radical (unpaired) electrons. The highest BCUT2D eigenvalue weighted by Gasteiger charge is 2.29. The molecule has 29 heavy (non-hydrogen) atoms. The van der Waals surface area contributed by atoms with Crippen LogP contribution in [0.1, 0.15) is 41.4 Å². The van der Waals surface area contributed by atoms with Crippen LogP contribution in [0.5, 0.6) is 5.88 Å². The Morgan fingerprint density at radius 1 is 1.21 bits per heavy atom. The number of carbonyl (C=O) groups excluding carboxylic acids is 2. The molecule has 0 unspecified atom stereocenters. The Morgan fingerprint density at radius 2 is 1.93 bits per heavy atom. The van der Waals surface area contributed by atoms with Gasteiger partial charge in [-0.1, -0.05) is 6.92 Å². The minimum absolute atomic E-state index is 0.0431. The molecule has 2 aromatic rings. The number of carbonyl (C=O) groups is 2. The summed E-state index contributed by atoms with van der Waals surface area (Å²) in [5.41, 5.74) is 6.11. The molecule has 2 N–H and O–H groups in total. The van der Waals surface area contributed by atoms with Crippen molar-refractivity contribution >= 4 is 17.6 Å². The van der Waals surface area contributed by atoms with Gasteiger partial charge in [0.1, 0.15) is 17.8 Å². The second-order valence-electron chi connectivity index (χ2n) is 6.23. The van der Waals surface area contributed by atoms with E-state index in [-0.39, 0.29) is 36.3 Å². The first-order chi connectivity index (χ1) is 13.6. The molecule has 0 aromatic carbocycles. The first-order valence-electron chi connectivity index (χ1n) is 8.68. The van der Waals surface area contributed by atoms with E-state index in [0.717, 1.165) is 6.33 Å². The lowest BCUT2D eigenvalue weighted by atomic mass is 10.2. The van der Waals surface area contributed by atoms with Gasteiger partial charge in [0.25, 0.3) is 5.91 Å². The number of aromatic nitrogens is 3. The molecule has 8 nitrogen and oxygen atoms in total. The maximum atomic E-state index is 12.6. The van der Waals surface area contributed by atoms with Gasteiger partial charge in [0.15, 0.2) is 6.61 Å². The number of amides is 2. The smallest absolute Gasteiger partial charge is 0.422 e. The molecular formula is C18H20F3N5O3. The molecule has 2 amide bonds. The quantitative estimate of drug-likeness (QED) is 0.715. The first kappa shape index (κ1) is 22.1. The average molecular weight is 411 g/mol. The molecule has 2 heterocycles. The maximum Gasteiger partial charge on any atom is 0.422 e. The molecule has 0 saturated heterocycles. The van der Waals surface area contributed by atoms with Crippen LogP contribution in [0.4, 0.5) is 19.0 Å². The van der Waals surface area contributed by atoms with E-state index in [2.05, 4.69) is 19.7 Å². The SMILES string of the molecule is CCCC(=O)N(Cc1cnc(OCC(F)(F)F)c(C)c1)c1cc(C(N)=O)ncn1. The molecule has 0 fully saturated rings. The van der Waals surface area contributed by atoms with Gasteiger partial charge in [0.2, 0.25) is 11.8 Å². The van der Waals surface area contributed by atoms with E-state index in [9.17, 15) is 22.8 Å². The van der Waals surface area contributed by atoms with Gasteiger partial charge < -0.3 is 10.5 Å². The lowest BCUT2D eigenvalue weighted by Crippen LogP contribution is -2.31. The number of primary amides is 1. The molecule has 0 aliphatic carbocycles. The summed E-state index contributed by atoms with van der Waals surface area (Å²) in [5.74, 6) is -0.977. The van der Waals surface area contributed by atoms with Gasteiger partial charge in [-0.3, -0.25) is 14.5 Å². The fraction of sp³-hybridized carbons (Fsp3) is 0.389. The van der Waals surface area contributed by atoms with Gasteiger partial charge in [-0.05, 0) is 25.0 Å². The number of alkyl halides is 3. The number of ether oxygens (including phenoxy) is 1. The monoisotopic (exact) mass is 411 g/mol. The number of hydrogen-bond donors (Lipinski definition) is 1. The zero-order valence-electron chi connectivity index (χ0n) is 15.9. The third-order valence-electron chi connectivity index (χ3n) is 3.75. The molecule has 0 bridgehead atoms. The first-order valence-corrected chi connectivity index (χ1v) is 8.68. The molecule has 0 saturated carbocycles. The van der Waals surface area contributed by atoms with Crippen molar-refractivity contribution in [3.05, 3.63) is 41.5 Å². The zero-order valence-corrected chi connectivity index (χ0v) is 15.9. The van der Waals surface area contributed by atoms with Crippen molar-refractivity contribution in [2.75, 3.05) is 11.5 Å². The van der Waals surface area contributed by atoms with E-state index in [1.807, 2.05) is 6.92 Å². The number of anilines is 1. The number of halogens is 3. The van der Waals surface area contributed by atoms with Gasteiger partial charge in [-0.2, -0.15) is 13.2 Å². The number of pyridine rings is 1. The summed E-state index contributed by atoms with van der Waals surface area (Å²) in [6.07, 6.45) is -1.21. The average Bonchev–Trinajstić information content (AvgIpc) is 2.65. The molecule has 2 aromatic heterocycles. The van der Waals surface area contributed by atoms with Crippen LogP contribution in [0, 0.1) is 6.92 Å². The summed E-state index contributed by atoms with van der Waals surface area (Å²) in [5, 5.41) is 0. The minimum Gasteiger partial charge on any atom is -0.468 e. The van der Waals surface area contributed by atoms with Crippen LogP contribution in [-0.2, 0) is 11.3 Å². The summed E-state index contributed by atoms with van der Waals surface area (Å²) >= 11 is 0. The van der Waals surface area contributed by atoms with E-state index < -0.39 is 18.7 Å². The van der Waals surface area contributed by atoms with Crippen LogP contribution >= 0.6 is 0 Å². The summed E-state index contributed by atoms with van der Waals surface area (Å²) in [7, 11) is 0. The van der Waals surface area contributed by atoms with Crippen LogP contribution in [0.2, 0.25) is 0 Å². The van der Waals surface area contributed by atoms with Crippen molar-refractivity contribution in [1.82, 2.24) is 15.0 Å². The molecular weight excluding hydrogens is 391 g/mol. The zero-order chi connectivity index (χ0) is 21.6. The van der Waals surface area contributed by atoms with Crippen molar-refractivity contribution in [1.29, 1.82) is 0 Å². The molecule has 2 rings (SSSR count). The number of hydrogen-bond acceptors (Lipinski definition) is 6. The van der Waals surface area contributed by atoms with E-state index in [0.29, 0.717) is 17.5 Å². The van der Waals surface area contributed by atoms with Gasteiger partial charge in [-0.15, -0.1) is 0 Å². The highest BCUT2D eigenvalue weighted by atomic mass is 19.4. The highest BCUT2D eigenvalue weighted by Crippen LogP contribution is 2.22. The Bertz CT molecular complexity index is 889. The third-order valence-corrected chi connectivity index (χ3v) is 3.75. The van der Waals surface area contributed by atoms with E-state index in [1.165, 1.54) is 17.2 Å². The van der Waals surface area contributed by atoms with Crippen molar-refractivity contribution in [2.24, 2.45) is 5.73 Å². The van der Waals surface area contributed by atoms with Crippen LogP contribution in [0.15, 0.2) is 24.7 Å². The molecule has 0 atom stereocenters. The summed E-state index contributed by atoms with van der Waals surface area (Å²) in [6.45, 7) is 1.99. The molecule has 0 aliphatic heterocycles. The molecule has 0 spiro atoms. The van der Waals surface area contributed by atoms with E-state index in [1.54, 1.807) is 13.0 Å². The van der Waals surface area contributed by atoms with Crippen molar-refractivity contribution in [3.63, 3.8) is 0 Å². The van der Waals surface area contributed by atoms with Crippen LogP contribution in [-0.4, -0.2) is 39.5 Å². The predicted octanol–water partition coefficient (Wildman–Crippen LogP) is 2.55. The van der Waals surface area contributed by atoms with Crippen LogP contribution in [0.3, 0.4) is 0 Å². The lowest BCUT2D eigenvalue weighted by Gasteiger charge is -2.22. The second-order valence-corrected chi connectivity index (χ2v) is 6.23.